The maximum Gasteiger partial charge on any atom is 0.119 e. The predicted molar refractivity (Wildman–Crippen MR) is 68.2 cm³/mol. The average Bonchev–Trinajstić information content (AvgIpc) is 2.39. The highest BCUT2D eigenvalue weighted by atomic mass is 16.5. The first-order valence-corrected chi connectivity index (χ1v) is 6.43. The zero-order valence-corrected chi connectivity index (χ0v) is 10.1. The summed E-state index contributed by atoms with van der Waals surface area (Å²) in [7, 11) is 0. The smallest absolute Gasteiger partial charge is 0.119 e. The van der Waals surface area contributed by atoms with Crippen molar-refractivity contribution in [2.75, 3.05) is 6.61 Å². The molecule has 3 N–H and O–H groups in total. The molecule has 17 heavy (non-hydrogen) atoms. The molecule has 0 aromatic heterocycles. The Hall–Kier alpha value is -1.22. The van der Waals surface area contributed by atoms with Crippen molar-refractivity contribution in [1.29, 1.82) is 0 Å². The molecule has 0 radical (unpaired) electrons. The molecule has 0 amide bonds. The molecule has 1 aliphatic carbocycles. The van der Waals surface area contributed by atoms with Crippen molar-refractivity contribution in [2.24, 2.45) is 11.7 Å². The third-order valence-corrected chi connectivity index (χ3v) is 3.53. The van der Waals surface area contributed by atoms with Crippen LogP contribution in [0, 0.1) is 5.92 Å². The van der Waals surface area contributed by atoms with E-state index in [9.17, 15) is 0 Å². The number of phenols is 1. The van der Waals surface area contributed by atoms with Crippen molar-refractivity contribution in [3.05, 3.63) is 24.3 Å². The number of hydrogen-bond donors (Lipinski definition) is 2. The van der Waals surface area contributed by atoms with Crippen molar-refractivity contribution in [3.8, 4) is 11.5 Å². The molecule has 1 unspecified atom stereocenters. The van der Waals surface area contributed by atoms with E-state index in [0.717, 1.165) is 5.75 Å². The van der Waals surface area contributed by atoms with Gasteiger partial charge in [0.05, 0.1) is 0 Å². The Morgan fingerprint density at radius 2 is 1.82 bits per heavy atom. The van der Waals surface area contributed by atoms with E-state index < -0.39 is 0 Å². The van der Waals surface area contributed by atoms with Crippen LogP contribution in [-0.2, 0) is 0 Å². The number of nitrogens with two attached hydrogens (primary N) is 1. The van der Waals surface area contributed by atoms with Gasteiger partial charge in [0.1, 0.15) is 18.1 Å². The van der Waals surface area contributed by atoms with Gasteiger partial charge in [-0.3, -0.25) is 0 Å². The molecule has 0 aliphatic heterocycles. The highest BCUT2D eigenvalue weighted by Gasteiger charge is 2.20. The lowest BCUT2D eigenvalue weighted by Crippen LogP contribution is -2.37. The van der Waals surface area contributed by atoms with Crippen molar-refractivity contribution in [3.63, 3.8) is 0 Å². The molecule has 0 spiro atoms. The Morgan fingerprint density at radius 3 is 2.47 bits per heavy atom. The normalized spacial score (nSPS) is 18.9. The highest BCUT2D eigenvalue weighted by molar-refractivity contribution is 5.30. The molecular formula is C14H21NO2. The maximum absolute atomic E-state index is 9.16. The lowest BCUT2D eigenvalue weighted by atomic mass is 9.84. The molecular weight excluding hydrogens is 214 g/mol. The molecule has 1 atom stereocenters. The zero-order valence-electron chi connectivity index (χ0n) is 10.1. The van der Waals surface area contributed by atoms with Crippen LogP contribution in [0.2, 0.25) is 0 Å². The summed E-state index contributed by atoms with van der Waals surface area (Å²) in [6.07, 6.45) is 6.43. The van der Waals surface area contributed by atoms with Crippen LogP contribution in [0.1, 0.15) is 32.1 Å². The van der Waals surface area contributed by atoms with Crippen LogP contribution in [0.4, 0.5) is 0 Å². The van der Waals surface area contributed by atoms with Crippen molar-refractivity contribution in [2.45, 2.75) is 38.1 Å². The van der Waals surface area contributed by atoms with Crippen LogP contribution in [0.5, 0.6) is 11.5 Å². The van der Waals surface area contributed by atoms with Gasteiger partial charge in [0.25, 0.3) is 0 Å². The van der Waals surface area contributed by atoms with Gasteiger partial charge in [-0.2, -0.15) is 0 Å². The second kappa shape index (κ2) is 5.92. The zero-order chi connectivity index (χ0) is 12.1. The largest absolute Gasteiger partial charge is 0.508 e. The highest BCUT2D eigenvalue weighted by Crippen LogP contribution is 2.26. The lowest BCUT2D eigenvalue weighted by Gasteiger charge is -2.27. The third-order valence-electron chi connectivity index (χ3n) is 3.53. The van der Waals surface area contributed by atoms with Crippen molar-refractivity contribution < 1.29 is 9.84 Å². The second-order valence-electron chi connectivity index (χ2n) is 4.87. The van der Waals surface area contributed by atoms with Gasteiger partial charge in [-0.05, 0) is 43.0 Å². The molecule has 0 bridgehead atoms. The summed E-state index contributed by atoms with van der Waals surface area (Å²) in [4.78, 5) is 0. The van der Waals surface area contributed by atoms with E-state index in [2.05, 4.69) is 0 Å². The Bertz CT molecular complexity index is 331. The van der Waals surface area contributed by atoms with Crippen molar-refractivity contribution in [1.82, 2.24) is 0 Å². The van der Waals surface area contributed by atoms with Gasteiger partial charge in [0.15, 0.2) is 0 Å². The third kappa shape index (κ3) is 3.63. The monoisotopic (exact) mass is 235 g/mol. The molecule has 3 heteroatoms. The Kier molecular flexibility index (Phi) is 4.26. The van der Waals surface area contributed by atoms with Crippen molar-refractivity contribution >= 4 is 0 Å². The van der Waals surface area contributed by atoms with Crippen LogP contribution in [-0.4, -0.2) is 17.8 Å². The predicted octanol–water partition coefficient (Wildman–Crippen LogP) is 2.68. The van der Waals surface area contributed by atoms with Gasteiger partial charge < -0.3 is 15.6 Å². The number of aromatic hydroxyl groups is 1. The molecule has 1 saturated carbocycles. The van der Waals surface area contributed by atoms with E-state index in [1.165, 1.54) is 32.1 Å². The first-order chi connectivity index (χ1) is 8.25. The van der Waals surface area contributed by atoms with Gasteiger partial charge in [-0.15, -0.1) is 0 Å². The van der Waals surface area contributed by atoms with E-state index in [4.69, 9.17) is 15.6 Å². The fraction of sp³-hybridized carbons (Fsp3) is 0.571. The van der Waals surface area contributed by atoms with Crippen LogP contribution in [0.15, 0.2) is 24.3 Å². The van der Waals surface area contributed by atoms with Crippen LogP contribution in [0.3, 0.4) is 0 Å². The summed E-state index contributed by atoms with van der Waals surface area (Å²) >= 11 is 0. The first kappa shape index (κ1) is 12.2. The molecule has 0 heterocycles. The Balaban J connectivity index is 1.78. The minimum Gasteiger partial charge on any atom is -0.508 e. The molecule has 3 nitrogen and oxygen atoms in total. The minimum atomic E-state index is 0.129. The molecule has 2 rings (SSSR count). The molecule has 1 aliphatic rings. The molecule has 1 fully saturated rings. The van der Waals surface area contributed by atoms with Crippen LogP contribution < -0.4 is 10.5 Å². The maximum atomic E-state index is 9.16. The molecule has 1 aromatic rings. The summed E-state index contributed by atoms with van der Waals surface area (Å²) in [5.74, 6) is 1.64. The van der Waals surface area contributed by atoms with Gasteiger partial charge in [-0.25, -0.2) is 0 Å². The fourth-order valence-electron chi connectivity index (χ4n) is 2.43. The molecule has 1 aromatic carbocycles. The SMILES string of the molecule is NC(COc1ccc(O)cc1)C1CCCCC1. The van der Waals surface area contributed by atoms with Crippen LogP contribution in [0.25, 0.3) is 0 Å². The summed E-state index contributed by atoms with van der Waals surface area (Å²) in [5, 5.41) is 9.16. The summed E-state index contributed by atoms with van der Waals surface area (Å²) in [6, 6.07) is 6.92. The van der Waals surface area contributed by atoms with Gasteiger partial charge in [0, 0.05) is 6.04 Å². The minimum absolute atomic E-state index is 0.129. The van der Waals surface area contributed by atoms with Gasteiger partial charge in [0.2, 0.25) is 0 Å². The Labute approximate surface area is 103 Å². The number of benzene rings is 1. The van der Waals surface area contributed by atoms with Crippen LogP contribution >= 0.6 is 0 Å². The van der Waals surface area contributed by atoms with Gasteiger partial charge in [-0.1, -0.05) is 19.3 Å². The molecule has 0 saturated heterocycles. The van der Waals surface area contributed by atoms with E-state index in [-0.39, 0.29) is 11.8 Å². The second-order valence-corrected chi connectivity index (χ2v) is 4.87. The molecule has 94 valence electrons. The average molecular weight is 235 g/mol. The van der Waals surface area contributed by atoms with E-state index in [0.29, 0.717) is 12.5 Å². The number of hydrogen-bond acceptors (Lipinski definition) is 3. The number of rotatable bonds is 4. The fourth-order valence-corrected chi connectivity index (χ4v) is 2.43. The topological polar surface area (TPSA) is 55.5 Å². The van der Waals surface area contributed by atoms with Gasteiger partial charge >= 0.3 is 0 Å². The van der Waals surface area contributed by atoms with E-state index in [1.54, 1.807) is 24.3 Å². The van der Waals surface area contributed by atoms with E-state index in [1.807, 2.05) is 0 Å². The summed E-state index contributed by atoms with van der Waals surface area (Å²) < 4.78 is 5.64. The summed E-state index contributed by atoms with van der Waals surface area (Å²) in [6.45, 7) is 0.565. The number of ether oxygens (including phenoxy) is 1. The standard InChI is InChI=1S/C14H21NO2/c15-14(11-4-2-1-3-5-11)10-17-13-8-6-12(16)7-9-13/h6-9,11,14,16H,1-5,10,15H2. The first-order valence-electron chi connectivity index (χ1n) is 6.43. The Morgan fingerprint density at radius 1 is 1.18 bits per heavy atom. The number of phenolic OH excluding ortho intramolecular Hbond substituents is 1. The summed E-state index contributed by atoms with van der Waals surface area (Å²) in [5.41, 5.74) is 6.15. The lowest BCUT2D eigenvalue weighted by molar-refractivity contribution is 0.214. The quantitative estimate of drug-likeness (QED) is 0.843. The van der Waals surface area contributed by atoms with E-state index >= 15 is 0 Å².